The SMILES string of the molecule is CCNCc1cccc(C)c1OCC1CC2CCC1C2. The van der Waals surface area contributed by atoms with Crippen LogP contribution in [0.3, 0.4) is 0 Å². The maximum Gasteiger partial charge on any atom is 0.126 e. The molecular weight excluding hydrogens is 246 g/mol. The van der Waals surface area contributed by atoms with Crippen LogP contribution in [0.25, 0.3) is 0 Å². The van der Waals surface area contributed by atoms with Gasteiger partial charge in [0.1, 0.15) is 5.75 Å². The van der Waals surface area contributed by atoms with Crippen molar-refractivity contribution in [3.8, 4) is 5.75 Å². The van der Waals surface area contributed by atoms with Gasteiger partial charge in [-0.15, -0.1) is 0 Å². The molecule has 3 atom stereocenters. The second-order valence-corrected chi connectivity index (χ2v) is 6.59. The largest absolute Gasteiger partial charge is 0.493 e. The van der Waals surface area contributed by atoms with Crippen LogP contribution in [0.2, 0.25) is 0 Å². The van der Waals surface area contributed by atoms with Crippen LogP contribution >= 0.6 is 0 Å². The third-order valence-corrected chi connectivity index (χ3v) is 5.19. The van der Waals surface area contributed by atoms with Gasteiger partial charge in [0.15, 0.2) is 0 Å². The summed E-state index contributed by atoms with van der Waals surface area (Å²) >= 11 is 0. The quantitative estimate of drug-likeness (QED) is 0.848. The zero-order valence-corrected chi connectivity index (χ0v) is 12.8. The molecule has 3 unspecified atom stereocenters. The molecule has 2 nitrogen and oxygen atoms in total. The zero-order chi connectivity index (χ0) is 13.9. The molecule has 3 rings (SSSR count). The molecule has 2 aliphatic carbocycles. The van der Waals surface area contributed by atoms with E-state index in [-0.39, 0.29) is 0 Å². The van der Waals surface area contributed by atoms with Crippen molar-refractivity contribution in [3.63, 3.8) is 0 Å². The summed E-state index contributed by atoms with van der Waals surface area (Å²) < 4.78 is 6.26. The summed E-state index contributed by atoms with van der Waals surface area (Å²) in [5, 5.41) is 3.41. The number of aryl methyl sites for hydroxylation is 1. The number of hydrogen-bond donors (Lipinski definition) is 1. The molecule has 0 aliphatic heterocycles. The second-order valence-electron chi connectivity index (χ2n) is 6.59. The molecule has 0 amide bonds. The Bertz CT molecular complexity index is 457. The normalized spacial score (nSPS) is 28.0. The highest BCUT2D eigenvalue weighted by Crippen LogP contribution is 2.48. The topological polar surface area (TPSA) is 21.3 Å². The first kappa shape index (κ1) is 13.9. The maximum atomic E-state index is 6.26. The smallest absolute Gasteiger partial charge is 0.126 e. The average Bonchev–Trinajstić information content (AvgIpc) is 3.06. The molecule has 0 radical (unpaired) electrons. The van der Waals surface area contributed by atoms with Crippen LogP contribution in [0.4, 0.5) is 0 Å². The molecule has 0 saturated heterocycles. The van der Waals surface area contributed by atoms with E-state index in [0.29, 0.717) is 0 Å². The molecule has 20 heavy (non-hydrogen) atoms. The van der Waals surface area contributed by atoms with Gasteiger partial charge in [-0.05, 0) is 56.0 Å². The first-order valence-electron chi connectivity index (χ1n) is 8.20. The minimum absolute atomic E-state index is 0.806. The van der Waals surface area contributed by atoms with Crippen LogP contribution in [-0.4, -0.2) is 13.2 Å². The van der Waals surface area contributed by atoms with E-state index in [4.69, 9.17) is 4.74 Å². The Morgan fingerprint density at radius 1 is 1.25 bits per heavy atom. The highest BCUT2D eigenvalue weighted by atomic mass is 16.5. The first-order chi connectivity index (χ1) is 9.78. The van der Waals surface area contributed by atoms with Crippen LogP contribution in [0.1, 0.15) is 43.7 Å². The summed E-state index contributed by atoms with van der Waals surface area (Å²) in [5.74, 6) is 3.88. The highest BCUT2D eigenvalue weighted by molar-refractivity contribution is 5.40. The predicted octanol–water partition coefficient (Wildman–Crippen LogP) is 3.92. The van der Waals surface area contributed by atoms with Gasteiger partial charge in [0.05, 0.1) is 6.61 Å². The van der Waals surface area contributed by atoms with Crippen LogP contribution in [0.15, 0.2) is 18.2 Å². The Morgan fingerprint density at radius 2 is 2.15 bits per heavy atom. The molecule has 1 aromatic rings. The fraction of sp³-hybridized carbons (Fsp3) is 0.667. The summed E-state index contributed by atoms with van der Waals surface area (Å²) in [5.41, 5.74) is 2.57. The number of nitrogens with one attached hydrogen (secondary N) is 1. The number of hydrogen-bond acceptors (Lipinski definition) is 2. The lowest BCUT2D eigenvalue weighted by molar-refractivity contribution is 0.193. The monoisotopic (exact) mass is 273 g/mol. The van der Waals surface area contributed by atoms with Crippen LogP contribution < -0.4 is 10.1 Å². The Labute approximate surface area is 122 Å². The number of benzene rings is 1. The van der Waals surface area contributed by atoms with Gasteiger partial charge in [-0.3, -0.25) is 0 Å². The van der Waals surface area contributed by atoms with E-state index in [9.17, 15) is 0 Å². The van der Waals surface area contributed by atoms with E-state index >= 15 is 0 Å². The van der Waals surface area contributed by atoms with Gasteiger partial charge in [0, 0.05) is 12.1 Å². The van der Waals surface area contributed by atoms with Crippen molar-refractivity contribution in [1.82, 2.24) is 5.32 Å². The fourth-order valence-electron chi connectivity index (χ4n) is 4.09. The molecule has 2 fully saturated rings. The van der Waals surface area contributed by atoms with Crippen LogP contribution in [-0.2, 0) is 6.54 Å². The summed E-state index contributed by atoms with van der Waals surface area (Å²) in [4.78, 5) is 0. The molecule has 0 aromatic heterocycles. The van der Waals surface area contributed by atoms with Gasteiger partial charge in [-0.1, -0.05) is 31.5 Å². The Kier molecular flexibility index (Phi) is 4.30. The van der Waals surface area contributed by atoms with E-state index in [0.717, 1.165) is 43.2 Å². The Hall–Kier alpha value is -1.02. The van der Waals surface area contributed by atoms with Crippen LogP contribution in [0, 0.1) is 24.7 Å². The van der Waals surface area contributed by atoms with Crippen LogP contribution in [0.5, 0.6) is 5.75 Å². The average molecular weight is 273 g/mol. The van der Waals surface area contributed by atoms with Gasteiger partial charge in [0.25, 0.3) is 0 Å². The van der Waals surface area contributed by atoms with Crippen molar-refractivity contribution < 1.29 is 4.74 Å². The third-order valence-electron chi connectivity index (χ3n) is 5.19. The van der Waals surface area contributed by atoms with Crippen molar-refractivity contribution in [2.75, 3.05) is 13.2 Å². The molecule has 0 spiro atoms. The maximum absolute atomic E-state index is 6.26. The fourth-order valence-corrected chi connectivity index (χ4v) is 4.09. The number of ether oxygens (including phenoxy) is 1. The van der Waals surface area contributed by atoms with Gasteiger partial charge in [-0.25, -0.2) is 0 Å². The van der Waals surface area contributed by atoms with E-state index in [1.54, 1.807) is 0 Å². The molecule has 2 bridgehead atoms. The third kappa shape index (κ3) is 2.85. The molecule has 0 heterocycles. The second kappa shape index (κ2) is 6.17. The lowest BCUT2D eigenvalue weighted by Crippen LogP contribution is -2.20. The number of para-hydroxylation sites is 1. The molecular formula is C18H27NO. The summed E-state index contributed by atoms with van der Waals surface area (Å²) in [6, 6.07) is 6.48. The van der Waals surface area contributed by atoms with Crippen molar-refractivity contribution in [2.24, 2.45) is 17.8 Å². The van der Waals surface area contributed by atoms with E-state index in [1.165, 1.54) is 36.8 Å². The number of fused-ring (bicyclic) bond motifs is 2. The summed E-state index contributed by atoms with van der Waals surface area (Å²) in [7, 11) is 0. The van der Waals surface area contributed by atoms with E-state index in [1.807, 2.05) is 0 Å². The minimum atomic E-state index is 0.806. The van der Waals surface area contributed by atoms with Gasteiger partial charge < -0.3 is 10.1 Å². The van der Waals surface area contributed by atoms with Crippen molar-refractivity contribution in [2.45, 2.75) is 46.1 Å². The standard InChI is InChI=1S/C18H27NO/c1-3-19-11-16-6-4-5-13(2)18(16)20-12-17-10-14-7-8-15(17)9-14/h4-6,14-15,17,19H,3,7-12H2,1-2H3. The van der Waals surface area contributed by atoms with E-state index in [2.05, 4.69) is 37.4 Å². The lowest BCUT2D eigenvalue weighted by Gasteiger charge is -2.23. The summed E-state index contributed by atoms with van der Waals surface area (Å²) in [6.45, 7) is 7.13. The molecule has 2 heteroatoms. The lowest BCUT2D eigenvalue weighted by atomic mass is 9.89. The Balaban J connectivity index is 1.64. The zero-order valence-electron chi connectivity index (χ0n) is 12.8. The van der Waals surface area contributed by atoms with Gasteiger partial charge in [-0.2, -0.15) is 0 Å². The van der Waals surface area contributed by atoms with Gasteiger partial charge in [0.2, 0.25) is 0 Å². The van der Waals surface area contributed by atoms with Crippen molar-refractivity contribution >= 4 is 0 Å². The van der Waals surface area contributed by atoms with E-state index < -0.39 is 0 Å². The minimum Gasteiger partial charge on any atom is -0.493 e. The molecule has 1 aromatic carbocycles. The Morgan fingerprint density at radius 3 is 2.85 bits per heavy atom. The first-order valence-corrected chi connectivity index (χ1v) is 8.20. The molecule has 1 N–H and O–H groups in total. The summed E-state index contributed by atoms with van der Waals surface area (Å²) in [6.07, 6.45) is 5.78. The van der Waals surface area contributed by atoms with Crippen molar-refractivity contribution in [1.29, 1.82) is 0 Å². The molecule has 2 saturated carbocycles. The predicted molar refractivity (Wildman–Crippen MR) is 83.0 cm³/mol. The van der Waals surface area contributed by atoms with Crippen molar-refractivity contribution in [3.05, 3.63) is 29.3 Å². The molecule has 110 valence electrons. The molecule has 2 aliphatic rings. The highest BCUT2D eigenvalue weighted by Gasteiger charge is 2.39. The van der Waals surface area contributed by atoms with Gasteiger partial charge >= 0.3 is 0 Å². The number of rotatable bonds is 6.